The van der Waals surface area contributed by atoms with Crippen LogP contribution in [-0.2, 0) is 0 Å². The Balaban J connectivity index is 1.70. The molecule has 1 aromatic heterocycles. The van der Waals surface area contributed by atoms with Gasteiger partial charge in [-0.15, -0.1) is 0 Å². The molecule has 0 amide bonds. The number of hydrogen-bond donors (Lipinski definition) is 1. The van der Waals surface area contributed by atoms with E-state index in [4.69, 9.17) is 4.74 Å². The number of rotatable bonds is 4. The van der Waals surface area contributed by atoms with Crippen molar-refractivity contribution in [2.45, 2.75) is 18.9 Å². The molecule has 0 spiro atoms. The maximum Gasteiger partial charge on any atom is 0.273 e. The molecule has 1 saturated carbocycles. The van der Waals surface area contributed by atoms with Gasteiger partial charge >= 0.3 is 0 Å². The maximum absolute atomic E-state index is 5.65. The molecule has 4 heteroatoms. The van der Waals surface area contributed by atoms with Crippen molar-refractivity contribution < 1.29 is 4.74 Å². The lowest BCUT2D eigenvalue weighted by molar-refractivity contribution is 0.0655. The number of nitrogens with zero attached hydrogens (tertiary/aromatic N) is 1. The van der Waals surface area contributed by atoms with Gasteiger partial charge in [0, 0.05) is 11.6 Å². The Morgan fingerprint density at radius 3 is 3.15 bits per heavy atom. The van der Waals surface area contributed by atoms with Gasteiger partial charge in [0.2, 0.25) is 0 Å². The number of thiazole rings is 1. The van der Waals surface area contributed by atoms with Crippen LogP contribution in [0.2, 0.25) is 0 Å². The lowest BCUT2D eigenvalue weighted by Gasteiger charge is -2.34. The van der Waals surface area contributed by atoms with Gasteiger partial charge in [-0.2, -0.15) is 0 Å². The van der Waals surface area contributed by atoms with Crippen molar-refractivity contribution >= 4 is 11.3 Å². The van der Waals surface area contributed by atoms with E-state index in [1.54, 1.807) is 17.5 Å². The maximum atomic E-state index is 5.65. The molecule has 72 valence electrons. The number of aromatic nitrogens is 1. The van der Waals surface area contributed by atoms with Crippen LogP contribution in [0.15, 0.2) is 11.6 Å². The summed E-state index contributed by atoms with van der Waals surface area (Å²) in [6, 6.07) is 0. The van der Waals surface area contributed by atoms with E-state index in [-0.39, 0.29) is 0 Å². The fraction of sp³-hybridized carbons (Fsp3) is 0.667. The van der Waals surface area contributed by atoms with Crippen LogP contribution in [-0.4, -0.2) is 24.7 Å². The molecule has 2 rings (SSSR count). The van der Waals surface area contributed by atoms with Gasteiger partial charge in [0.25, 0.3) is 5.19 Å². The predicted octanol–water partition coefficient (Wildman–Crippen LogP) is 1.52. The van der Waals surface area contributed by atoms with Crippen molar-refractivity contribution in [3.05, 3.63) is 11.6 Å². The van der Waals surface area contributed by atoms with Gasteiger partial charge < -0.3 is 10.1 Å². The van der Waals surface area contributed by atoms with Gasteiger partial charge in [-0.25, -0.2) is 4.98 Å². The van der Waals surface area contributed by atoms with Gasteiger partial charge in [0.05, 0.1) is 0 Å². The van der Waals surface area contributed by atoms with Crippen molar-refractivity contribution in [3.63, 3.8) is 0 Å². The third-order valence-corrected chi connectivity index (χ3v) is 3.02. The SMILES string of the molecule is CNCC1CC(Oc2nccs2)C1. The summed E-state index contributed by atoms with van der Waals surface area (Å²) in [5, 5.41) is 5.94. The van der Waals surface area contributed by atoms with Crippen LogP contribution in [0.1, 0.15) is 12.8 Å². The van der Waals surface area contributed by atoms with Crippen LogP contribution in [0.3, 0.4) is 0 Å². The lowest BCUT2D eigenvalue weighted by atomic mass is 9.82. The molecule has 13 heavy (non-hydrogen) atoms. The molecule has 0 saturated heterocycles. The Kier molecular flexibility index (Phi) is 2.80. The molecule has 1 heterocycles. The zero-order chi connectivity index (χ0) is 9.10. The average molecular weight is 198 g/mol. The fourth-order valence-corrected chi connectivity index (χ4v) is 2.19. The summed E-state index contributed by atoms with van der Waals surface area (Å²) in [5.41, 5.74) is 0. The van der Waals surface area contributed by atoms with Crippen LogP contribution in [0.4, 0.5) is 0 Å². The Morgan fingerprint density at radius 1 is 1.69 bits per heavy atom. The van der Waals surface area contributed by atoms with E-state index in [1.165, 1.54) is 12.8 Å². The van der Waals surface area contributed by atoms with Crippen LogP contribution in [0.5, 0.6) is 5.19 Å². The molecule has 1 aliphatic rings. The van der Waals surface area contributed by atoms with E-state index in [9.17, 15) is 0 Å². The first-order valence-electron chi connectivity index (χ1n) is 4.59. The Hall–Kier alpha value is -0.610. The van der Waals surface area contributed by atoms with Gasteiger partial charge in [0.15, 0.2) is 0 Å². The monoisotopic (exact) mass is 198 g/mol. The summed E-state index contributed by atoms with van der Waals surface area (Å²) in [6.45, 7) is 1.11. The summed E-state index contributed by atoms with van der Waals surface area (Å²) >= 11 is 1.57. The number of ether oxygens (including phenoxy) is 1. The summed E-state index contributed by atoms with van der Waals surface area (Å²) < 4.78 is 5.65. The van der Waals surface area contributed by atoms with E-state index in [0.29, 0.717) is 6.10 Å². The van der Waals surface area contributed by atoms with Crippen LogP contribution in [0.25, 0.3) is 0 Å². The third-order valence-electron chi connectivity index (χ3n) is 2.36. The number of hydrogen-bond acceptors (Lipinski definition) is 4. The fourth-order valence-electron chi connectivity index (χ4n) is 1.64. The first-order valence-corrected chi connectivity index (χ1v) is 5.47. The predicted molar refractivity (Wildman–Crippen MR) is 53.2 cm³/mol. The second-order valence-corrected chi connectivity index (χ2v) is 4.29. The smallest absolute Gasteiger partial charge is 0.273 e. The first-order chi connectivity index (χ1) is 6.38. The Bertz CT molecular complexity index is 244. The summed E-state index contributed by atoms with van der Waals surface area (Å²) in [4.78, 5) is 4.09. The largest absolute Gasteiger partial charge is 0.467 e. The van der Waals surface area contributed by atoms with Gasteiger partial charge in [0.1, 0.15) is 6.10 Å². The molecule has 1 aromatic rings. The molecule has 0 unspecified atom stereocenters. The topological polar surface area (TPSA) is 34.1 Å². The molecule has 1 fully saturated rings. The van der Waals surface area contributed by atoms with Crippen molar-refractivity contribution in [2.24, 2.45) is 5.92 Å². The van der Waals surface area contributed by atoms with Crippen molar-refractivity contribution in [1.82, 2.24) is 10.3 Å². The Labute approximate surface area is 82.1 Å². The second-order valence-electron chi connectivity index (χ2n) is 3.43. The minimum Gasteiger partial charge on any atom is -0.467 e. The highest BCUT2D eigenvalue weighted by molar-refractivity contribution is 7.11. The summed E-state index contributed by atoms with van der Waals surface area (Å²) in [6.07, 6.45) is 4.52. The minimum atomic E-state index is 0.407. The quantitative estimate of drug-likeness (QED) is 0.796. The molecule has 0 atom stereocenters. The van der Waals surface area contributed by atoms with Gasteiger partial charge in [-0.1, -0.05) is 11.3 Å². The molecule has 0 aliphatic heterocycles. The van der Waals surface area contributed by atoms with Crippen LogP contribution < -0.4 is 10.1 Å². The van der Waals surface area contributed by atoms with Crippen LogP contribution >= 0.6 is 11.3 Å². The van der Waals surface area contributed by atoms with Crippen molar-refractivity contribution in [1.29, 1.82) is 0 Å². The molecule has 1 aliphatic carbocycles. The lowest BCUT2D eigenvalue weighted by Crippen LogP contribution is -2.38. The first kappa shape index (κ1) is 8.97. The van der Waals surface area contributed by atoms with E-state index >= 15 is 0 Å². The highest BCUT2D eigenvalue weighted by Gasteiger charge is 2.30. The van der Waals surface area contributed by atoms with E-state index in [1.807, 2.05) is 12.4 Å². The van der Waals surface area contributed by atoms with Gasteiger partial charge in [-0.05, 0) is 32.4 Å². The average Bonchev–Trinajstić information content (AvgIpc) is 2.53. The number of nitrogens with one attached hydrogen (secondary N) is 1. The molecule has 0 radical (unpaired) electrons. The molecular formula is C9H14N2OS. The molecule has 0 aromatic carbocycles. The van der Waals surface area contributed by atoms with Crippen molar-refractivity contribution in [3.8, 4) is 5.19 Å². The third kappa shape index (κ3) is 2.19. The van der Waals surface area contributed by atoms with Crippen molar-refractivity contribution in [2.75, 3.05) is 13.6 Å². The van der Waals surface area contributed by atoms with E-state index in [2.05, 4.69) is 10.3 Å². The van der Waals surface area contributed by atoms with E-state index < -0.39 is 0 Å². The summed E-state index contributed by atoms with van der Waals surface area (Å²) in [7, 11) is 2.00. The molecular weight excluding hydrogens is 184 g/mol. The second kappa shape index (κ2) is 4.07. The molecule has 1 N–H and O–H groups in total. The minimum absolute atomic E-state index is 0.407. The van der Waals surface area contributed by atoms with Crippen LogP contribution in [0, 0.1) is 5.92 Å². The zero-order valence-corrected chi connectivity index (χ0v) is 8.51. The van der Waals surface area contributed by atoms with Gasteiger partial charge in [-0.3, -0.25) is 0 Å². The van der Waals surface area contributed by atoms with E-state index in [0.717, 1.165) is 17.7 Å². The summed E-state index contributed by atoms with van der Waals surface area (Å²) in [5.74, 6) is 0.801. The molecule has 0 bridgehead atoms. The normalized spacial score (nSPS) is 26.8. The standard InChI is InChI=1S/C9H14N2OS/c1-10-6-7-4-8(5-7)12-9-11-2-3-13-9/h2-3,7-8,10H,4-6H2,1H3. The molecule has 3 nitrogen and oxygen atoms in total. The highest BCUT2D eigenvalue weighted by Crippen LogP contribution is 2.31. The zero-order valence-electron chi connectivity index (χ0n) is 7.69. The highest BCUT2D eigenvalue weighted by atomic mass is 32.1. The Morgan fingerprint density at radius 2 is 2.54 bits per heavy atom.